The summed E-state index contributed by atoms with van der Waals surface area (Å²) in [5.41, 5.74) is 3.63. The van der Waals surface area contributed by atoms with Crippen LogP contribution < -0.4 is 0 Å². The van der Waals surface area contributed by atoms with Crippen molar-refractivity contribution < 1.29 is 0 Å². The molecule has 0 amide bonds. The first-order chi connectivity index (χ1) is 6.20. The zero-order valence-electron chi connectivity index (χ0n) is 7.39. The predicted octanol–water partition coefficient (Wildman–Crippen LogP) is 2.49. The highest BCUT2D eigenvalue weighted by molar-refractivity contribution is 6.52. The van der Waals surface area contributed by atoms with Gasteiger partial charge in [0.05, 0.1) is 11.4 Å². The largest absolute Gasteiger partial charge is 0.299 e. The van der Waals surface area contributed by atoms with E-state index < -0.39 is 0 Å². The molecule has 2 nitrogen and oxygen atoms in total. The second-order valence-corrected chi connectivity index (χ2v) is 3.16. The molecule has 0 saturated carbocycles. The predicted molar refractivity (Wildman–Crippen MR) is 54.6 cm³/mol. The van der Waals surface area contributed by atoms with Gasteiger partial charge in [-0.3, -0.25) is 10.8 Å². The van der Waals surface area contributed by atoms with Crippen LogP contribution in [-0.4, -0.2) is 11.4 Å². The SMILES string of the molecule is CC1=CC(=N)C(=N)c2ccccc21. The first-order valence-electron chi connectivity index (χ1n) is 4.15. The molecule has 0 spiro atoms. The molecular weight excluding hydrogens is 160 g/mol. The van der Waals surface area contributed by atoms with Crippen molar-refractivity contribution in [2.75, 3.05) is 0 Å². The Labute approximate surface area is 76.9 Å². The van der Waals surface area contributed by atoms with Crippen molar-refractivity contribution in [3.8, 4) is 0 Å². The van der Waals surface area contributed by atoms with E-state index in [2.05, 4.69) is 0 Å². The molecule has 0 unspecified atom stereocenters. The lowest BCUT2D eigenvalue weighted by atomic mass is 9.89. The second-order valence-electron chi connectivity index (χ2n) is 3.16. The van der Waals surface area contributed by atoms with E-state index >= 15 is 0 Å². The summed E-state index contributed by atoms with van der Waals surface area (Å²) in [7, 11) is 0. The lowest BCUT2D eigenvalue weighted by molar-refractivity contribution is 1.43. The van der Waals surface area contributed by atoms with Crippen LogP contribution in [0.3, 0.4) is 0 Å². The molecule has 0 bridgehead atoms. The molecule has 64 valence electrons. The van der Waals surface area contributed by atoms with Gasteiger partial charge < -0.3 is 0 Å². The van der Waals surface area contributed by atoms with E-state index in [-0.39, 0.29) is 0 Å². The van der Waals surface area contributed by atoms with Crippen molar-refractivity contribution in [1.82, 2.24) is 0 Å². The van der Waals surface area contributed by atoms with E-state index in [1.165, 1.54) is 0 Å². The summed E-state index contributed by atoms with van der Waals surface area (Å²) < 4.78 is 0. The van der Waals surface area contributed by atoms with E-state index in [9.17, 15) is 0 Å². The lowest BCUT2D eigenvalue weighted by Crippen LogP contribution is -2.17. The smallest absolute Gasteiger partial charge is 0.0867 e. The lowest BCUT2D eigenvalue weighted by Gasteiger charge is -2.15. The summed E-state index contributed by atoms with van der Waals surface area (Å²) in [6, 6.07) is 7.74. The molecule has 1 aliphatic rings. The Balaban J connectivity index is 2.72. The van der Waals surface area contributed by atoms with E-state index in [4.69, 9.17) is 10.8 Å². The number of hydrogen-bond donors (Lipinski definition) is 2. The first-order valence-corrected chi connectivity index (χ1v) is 4.15. The average Bonchev–Trinajstić information content (AvgIpc) is 2.15. The van der Waals surface area contributed by atoms with Gasteiger partial charge in [0.2, 0.25) is 0 Å². The van der Waals surface area contributed by atoms with Gasteiger partial charge in [-0.25, -0.2) is 0 Å². The Morgan fingerprint density at radius 1 is 1.00 bits per heavy atom. The molecule has 0 atom stereocenters. The average molecular weight is 170 g/mol. The summed E-state index contributed by atoms with van der Waals surface area (Å²) in [5, 5.41) is 15.3. The number of hydrogen-bond acceptors (Lipinski definition) is 2. The molecule has 0 heterocycles. The first kappa shape index (κ1) is 7.92. The number of rotatable bonds is 0. The van der Waals surface area contributed by atoms with Crippen molar-refractivity contribution in [3.63, 3.8) is 0 Å². The van der Waals surface area contributed by atoms with Crippen LogP contribution in [0.25, 0.3) is 5.57 Å². The van der Waals surface area contributed by atoms with E-state index in [0.29, 0.717) is 11.4 Å². The van der Waals surface area contributed by atoms with Crippen LogP contribution in [0.4, 0.5) is 0 Å². The van der Waals surface area contributed by atoms with Crippen LogP contribution in [0, 0.1) is 10.8 Å². The number of allylic oxidation sites excluding steroid dienone is 2. The highest BCUT2D eigenvalue weighted by Crippen LogP contribution is 2.23. The van der Waals surface area contributed by atoms with Gasteiger partial charge in [0, 0.05) is 5.56 Å². The molecule has 0 radical (unpaired) electrons. The van der Waals surface area contributed by atoms with Gasteiger partial charge in [0.25, 0.3) is 0 Å². The van der Waals surface area contributed by atoms with Gasteiger partial charge in [-0.15, -0.1) is 0 Å². The molecule has 2 heteroatoms. The van der Waals surface area contributed by atoms with Gasteiger partial charge in [-0.2, -0.15) is 0 Å². The minimum absolute atomic E-state index is 0.302. The molecule has 0 aliphatic heterocycles. The van der Waals surface area contributed by atoms with E-state index in [1.807, 2.05) is 31.2 Å². The van der Waals surface area contributed by atoms with Gasteiger partial charge in [0.15, 0.2) is 0 Å². The number of nitrogens with one attached hydrogen (secondary N) is 2. The fraction of sp³-hybridized carbons (Fsp3) is 0.0909. The van der Waals surface area contributed by atoms with Crippen LogP contribution in [0.15, 0.2) is 30.3 Å². The standard InChI is InChI=1S/C11H10N2/c1-7-6-10(12)11(13)9-5-3-2-4-8(7)9/h2-6,12-13H,1H3. The minimum atomic E-state index is 0.302. The topological polar surface area (TPSA) is 47.7 Å². The van der Waals surface area contributed by atoms with Crippen molar-refractivity contribution in [2.45, 2.75) is 6.92 Å². The Morgan fingerprint density at radius 2 is 1.62 bits per heavy atom. The molecule has 0 fully saturated rings. The van der Waals surface area contributed by atoms with Crippen LogP contribution in [0.5, 0.6) is 0 Å². The monoisotopic (exact) mass is 170 g/mol. The van der Waals surface area contributed by atoms with Crippen LogP contribution in [0.2, 0.25) is 0 Å². The maximum atomic E-state index is 7.70. The van der Waals surface area contributed by atoms with Crippen molar-refractivity contribution >= 4 is 17.0 Å². The van der Waals surface area contributed by atoms with Gasteiger partial charge in [-0.05, 0) is 24.1 Å². The zero-order chi connectivity index (χ0) is 9.42. The Bertz CT molecular complexity index is 427. The minimum Gasteiger partial charge on any atom is -0.299 e. The van der Waals surface area contributed by atoms with Crippen molar-refractivity contribution in [3.05, 3.63) is 41.5 Å². The van der Waals surface area contributed by atoms with Crippen LogP contribution in [0.1, 0.15) is 18.1 Å². The molecule has 2 rings (SSSR count). The second kappa shape index (κ2) is 2.66. The maximum Gasteiger partial charge on any atom is 0.0867 e. The third kappa shape index (κ3) is 1.11. The zero-order valence-corrected chi connectivity index (χ0v) is 7.39. The van der Waals surface area contributed by atoms with Crippen molar-refractivity contribution in [1.29, 1.82) is 10.8 Å². The Hall–Kier alpha value is -1.70. The van der Waals surface area contributed by atoms with E-state index in [1.54, 1.807) is 6.08 Å². The van der Waals surface area contributed by atoms with E-state index in [0.717, 1.165) is 16.7 Å². The molecule has 0 aromatic heterocycles. The highest BCUT2D eigenvalue weighted by Gasteiger charge is 2.16. The molecule has 1 aromatic rings. The third-order valence-corrected chi connectivity index (χ3v) is 2.25. The van der Waals surface area contributed by atoms with Gasteiger partial charge in [-0.1, -0.05) is 24.3 Å². The summed E-state index contributed by atoms with van der Waals surface area (Å²) in [5.74, 6) is 0. The van der Waals surface area contributed by atoms with Crippen LogP contribution >= 0.6 is 0 Å². The third-order valence-electron chi connectivity index (χ3n) is 2.25. The summed E-state index contributed by atoms with van der Waals surface area (Å²) in [6.45, 7) is 1.97. The van der Waals surface area contributed by atoms with Crippen molar-refractivity contribution in [2.24, 2.45) is 0 Å². The molecular formula is C11H10N2. The molecule has 0 saturated heterocycles. The Morgan fingerprint density at radius 3 is 2.31 bits per heavy atom. The maximum absolute atomic E-state index is 7.70. The molecule has 2 N–H and O–H groups in total. The number of benzene rings is 1. The number of fused-ring (bicyclic) bond motifs is 1. The molecule has 13 heavy (non-hydrogen) atoms. The quantitative estimate of drug-likeness (QED) is 0.601. The summed E-state index contributed by atoms with van der Waals surface area (Å²) in [6.07, 6.45) is 1.74. The van der Waals surface area contributed by atoms with Crippen LogP contribution in [-0.2, 0) is 0 Å². The highest BCUT2D eigenvalue weighted by atomic mass is 14.5. The molecule has 1 aromatic carbocycles. The summed E-state index contributed by atoms with van der Waals surface area (Å²) in [4.78, 5) is 0. The van der Waals surface area contributed by atoms with Gasteiger partial charge >= 0.3 is 0 Å². The normalized spacial score (nSPS) is 15.3. The summed E-state index contributed by atoms with van der Waals surface area (Å²) >= 11 is 0. The van der Waals surface area contributed by atoms with Gasteiger partial charge in [0.1, 0.15) is 0 Å². The molecule has 1 aliphatic carbocycles. The Kier molecular flexibility index (Phi) is 1.62. The fourth-order valence-corrected chi connectivity index (χ4v) is 1.56. The fourth-order valence-electron chi connectivity index (χ4n) is 1.56.